The molecule has 2 aromatic rings. The summed E-state index contributed by atoms with van der Waals surface area (Å²) in [4.78, 5) is 27.3. The maximum Gasteiger partial charge on any atom is 0.0845 e. The fourth-order valence-electron chi connectivity index (χ4n) is 3.49. The van der Waals surface area contributed by atoms with Gasteiger partial charge in [0, 0.05) is 40.9 Å². The van der Waals surface area contributed by atoms with Gasteiger partial charge in [0.05, 0.1) is 45.6 Å². The summed E-state index contributed by atoms with van der Waals surface area (Å²) in [6.07, 6.45) is 0. The minimum Gasteiger partial charge on any atom is -0.285 e. The van der Waals surface area contributed by atoms with Gasteiger partial charge < -0.3 is 0 Å². The molecule has 2 heterocycles. The van der Waals surface area contributed by atoms with E-state index >= 15 is 0 Å². The monoisotopic (exact) mass is 549 g/mol. The van der Waals surface area contributed by atoms with Gasteiger partial charge in [-0.2, -0.15) is 0 Å². The van der Waals surface area contributed by atoms with Crippen molar-refractivity contribution in [2.45, 2.75) is 107 Å². The SMILES string of the molecule is CC(=NC(C)C)c1cccc(C(C)=NC(C)C)n1.CC(=NC(C)C)c1cccc(C(C)=NC(C)C)n1.[Co]. The van der Waals surface area contributed by atoms with Crippen LogP contribution >= 0.6 is 0 Å². The van der Waals surface area contributed by atoms with Crippen LogP contribution in [0.15, 0.2) is 56.4 Å². The molecule has 0 amide bonds. The Hall–Kier alpha value is -2.51. The Kier molecular flexibility index (Phi) is 15.9. The maximum absolute atomic E-state index is 4.62. The Morgan fingerprint density at radius 1 is 0.459 bits per heavy atom. The van der Waals surface area contributed by atoms with Crippen molar-refractivity contribution in [3.05, 3.63) is 59.2 Å². The van der Waals surface area contributed by atoms with E-state index in [9.17, 15) is 0 Å². The van der Waals surface area contributed by atoms with Crippen LogP contribution in [0.25, 0.3) is 0 Å². The van der Waals surface area contributed by atoms with E-state index in [-0.39, 0.29) is 16.8 Å². The average molecular weight is 550 g/mol. The number of aromatic nitrogens is 2. The molecule has 0 saturated heterocycles. The Bertz CT molecular complexity index is 929. The first-order valence-corrected chi connectivity index (χ1v) is 12.9. The van der Waals surface area contributed by atoms with Gasteiger partial charge in [0.1, 0.15) is 0 Å². The summed E-state index contributed by atoms with van der Waals surface area (Å²) in [5.41, 5.74) is 7.62. The van der Waals surface area contributed by atoms with Crippen LogP contribution in [-0.2, 0) is 16.8 Å². The van der Waals surface area contributed by atoms with Gasteiger partial charge in [-0.15, -0.1) is 0 Å². The molecule has 0 fully saturated rings. The van der Waals surface area contributed by atoms with Gasteiger partial charge >= 0.3 is 0 Å². The molecule has 0 spiro atoms. The molecule has 2 aromatic heterocycles. The van der Waals surface area contributed by atoms with Crippen LogP contribution in [0.5, 0.6) is 0 Å². The quantitative estimate of drug-likeness (QED) is 0.332. The Morgan fingerprint density at radius 3 is 0.811 bits per heavy atom. The van der Waals surface area contributed by atoms with Crippen LogP contribution in [0.1, 0.15) is 106 Å². The second-order valence-electron chi connectivity index (χ2n) is 10.0. The second kappa shape index (κ2) is 17.1. The topological polar surface area (TPSA) is 75.2 Å². The molecule has 0 atom stereocenters. The minimum atomic E-state index is 0. The van der Waals surface area contributed by atoms with Gasteiger partial charge in [-0.25, -0.2) is 9.97 Å². The van der Waals surface area contributed by atoms with Crippen molar-refractivity contribution < 1.29 is 16.8 Å². The van der Waals surface area contributed by atoms with E-state index < -0.39 is 0 Å². The molecule has 0 aliphatic heterocycles. The third-order valence-corrected chi connectivity index (χ3v) is 4.79. The predicted octanol–water partition coefficient (Wildman–Crippen LogP) is 7.03. The maximum atomic E-state index is 4.62. The summed E-state index contributed by atoms with van der Waals surface area (Å²) >= 11 is 0. The van der Waals surface area contributed by atoms with Gasteiger partial charge in [0.15, 0.2) is 0 Å². The van der Waals surface area contributed by atoms with Crippen molar-refractivity contribution >= 4 is 22.8 Å². The van der Waals surface area contributed by atoms with Crippen molar-refractivity contribution in [1.82, 2.24) is 9.97 Å². The Labute approximate surface area is 235 Å². The zero-order valence-electron chi connectivity index (χ0n) is 24.8. The molecular formula is C30H46CoN6. The molecule has 0 unspecified atom stereocenters. The van der Waals surface area contributed by atoms with Crippen LogP contribution in [0, 0.1) is 0 Å². The molecule has 0 aliphatic rings. The first-order valence-electron chi connectivity index (χ1n) is 12.9. The van der Waals surface area contributed by atoms with E-state index in [2.05, 4.69) is 85.3 Å². The zero-order valence-corrected chi connectivity index (χ0v) is 25.8. The fourth-order valence-corrected chi connectivity index (χ4v) is 3.49. The number of hydrogen-bond donors (Lipinski definition) is 0. The summed E-state index contributed by atoms with van der Waals surface area (Å²) < 4.78 is 0. The smallest absolute Gasteiger partial charge is 0.0845 e. The molecule has 37 heavy (non-hydrogen) atoms. The largest absolute Gasteiger partial charge is 0.285 e. The molecule has 0 aromatic carbocycles. The summed E-state index contributed by atoms with van der Waals surface area (Å²) in [6, 6.07) is 13.2. The summed E-state index contributed by atoms with van der Waals surface area (Å²) in [5, 5.41) is 0. The van der Waals surface area contributed by atoms with Crippen molar-refractivity contribution in [1.29, 1.82) is 0 Å². The number of hydrogen-bond acceptors (Lipinski definition) is 6. The molecule has 0 N–H and O–H groups in total. The number of rotatable bonds is 8. The first kappa shape index (κ1) is 34.5. The standard InChI is InChI=1S/2C15H23N3.Co/c2*1-10(2)16-12(5)14-8-7-9-15(18-14)13(6)17-11(3)4;/h2*7-11H,1-6H3;. The number of pyridine rings is 2. The van der Waals surface area contributed by atoms with E-state index in [1.54, 1.807) is 0 Å². The van der Waals surface area contributed by atoms with Crippen molar-refractivity contribution in [3.63, 3.8) is 0 Å². The Morgan fingerprint density at radius 2 is 0.649 bits per heavy atom. The van der Waals surface area contributed by atoms with Gasteiger partial charge in [-0.05, 0) is 107 Å². The number of nitrogens with zero attached hydrogens (tertiary/aromatic N) is 6. The van der Waals surface area contributed by atoms with Crippen LogP contribution in [0.3, 0.4) is 0 Å². The third-order valence-electron chi connectivity index (χ3n) is 4.79. The fraction of sp³-hybridized carbons (Fsp3) is 0.533. The molecule has 205 valence electrons. The molecule has 0 bridgehead atoms. The molecular weight excluding hydrogens is 503 g/mol. The van der Waals surface area contributed by atoms with Crippen LogP contribution in [0.4, 0.5) is 0 Å². The van der Waals surface area contributed by atoms with E-state index in [1.165, 1.54) is 0 Å². The zero-order chi connectivity index (χ0) is 27.4. The summed E-state index contributed by atoms with van der Waals surface area (Å²) in [6.45, 7) is 24.6. The van der Waals surface area contributed by atoms with Crippen LogP contribution in [-0.4, -0.2) is 57.0 Å². The molecule has 7 heteroatoms. The van der Waals surface area contributed by atoms with Gasteiger partial charge in [0.25, 0.3) is 0 Å². The normalized spacial score (nSPS) is 13.2. The van der Waals surface area contributed by atoms with Gasteiger partial charge in [-0.1, -0.05) is 12.1 Å². The van der Waals surface area contributed by atoms with Crippen molar-refractivity contribution in [2.24, 2.45) is 20.0 Å². The van der Waals surface area contributed by atoms with E-state index in [4.69, 9.17) is 0 Å². The first-order chi connectivity index (χ1) is 16.8. The number of aliphatic imine (C=N–C) groups is 4. The van der Waals surface area contributed by atoms with Crippen molar-refractivity contribution in [3.8, 4) is 0 Å². The van der Waals surface area contributed by atoms with E-state index in [1.807, 2.05) is 64.1 Å². The van der Waals surface area contributed by atoms with E-state index in [0.29, 0.717) is 24.2 Å². The minimum absolute atomic E-state index is 0. The van der Waals surface area contributed by atoms with Crippen LogP contribution < -0.4 is 0 Å². The molecule has 6 nitrogen and oxygen atoms in total. The van der Waals surface area contributed by atoms with Gasteiger partial charge in [0.2, 0.25) is 0 Å². The molecule has 0 saturated carbocycles. The predicted molar refractivity (Wildman–Crippen MR) is 158 cm³/mol. The molecule has 0 aliphatic carbocycles. The van der Waals surface area contributed by atoms with Gasteiger partial charge in [-0.3, -0.25) is 20.0 Å². The molecule has 1 radical (unpaired) electrons. The van der Waals surface area contributed by atoms with Crippen molar-refractivity contribution in [2.75, 3.05) is 0 Å². The van der Waals surface area contributed by atoms with E-state index in [0.717, 1.165) is 45.6 Å². The summed E-state index contributed by atoms with van der Waals surface area (Å²) in [7, 11) is 0. The second-order valence-corrected chi connectivity index (χ2v) is 10.0. The summed E-state index contributed by atoms with van der Waals surface area (Å²) in [5.74, 6) is 0. The Balaban J connectivity index is 0.000000682. The third kappa shape index (κ3) is 13.6. The molecule has 2 rings (SSSR count). The van der Waals surface area contributed by atoms with Crippen LogP contribution in [0.2, 0.25) is 0 Å². The average Bonchev–Trinajstić information content (AvgIpc) is 2.78.